The summed E-state index contributed by atoms with van der Waals surface area (Å²) in [5.74, 6) is -4.27. The second-order valence-electron chi connectivity index (χ2n) is 10.6. The predicted octanol–water partition coefficient (Wildman–Crippen LogP) is 4.79. The van der Waals surface area contributed by atoms with Crippen molar-refractivity contribution in [3.63, 3.8) is 0 Å². The molecule has 0 saturated heterocycles. The van der Waals surface area contributed by atoms with Crippen molar-refractivity contribution in [1.29, 1.82) is 0 Å². The highest BCUT2D eigenvalue weighted by atomic mass is 35.5. The molecule has 5 rings (SSSR count). The number of carboxylic acid groups (broad SMARTS) is 1. The SMILES string of the molecule is O=C(O)c1cccc(CONC(=O)[C@@H]2c3cc(F)ccc3C(=O)N([C@H]3CCCC[C@@H]3N[SH](=O)=O)[C@H]2c2ccc(Cl)cc2Cl)c1. The lowest BCUT2D eigenvalue weighted by Gasteiger charge is -2.49. The molecule has 44 heavy (non-hydrogen) atoms. The van der Waals surface area contributed by atoms with E-state index >= 15 is 0 Å². The van der Waals surface area contributed by atoms with E-state index in [9.17, 15) is 32.3 Å². The van der Waals surface area contributed by atoms with Gasteiger partial charge in [-0.1, -0.05) is 54.2 Å². The molecule has 1 saturated carbocycles. The normalized spacial score (nSPS) is 21.6. The molecule has 0 aromatic heterocycles. The van der Waals surface area contributed by atoms with Gasteiger partial charge in [0, 0.05) is 27.7 Å². The Labute approximate surface area is 264 Å². The lowest BCUT2D eigenvalue weighted by Crippen LogP contribution is -2.58. The van der Waals surface area contributed by atoms with E-state index in [0.717, 1.165) is 18.6 Å². The molecule has 2 aliphatic rings. The molecule has 0 radical (unpaired) electrons. The summed E-state index contributed by atoms with van der Waals surface area (Å²) in [5.41, 5.74) is 3.44. The van der Waals surface area contributed by atoms with Crippen LogP contribution in [0.5, 0.6) is 0 Å². The number of carboxylic acids is 1. The van der Waals surface area contributed by atoms with Crippen molar-refractivity contribution >= 4 is 51.9 Å². The fraction of sp³-hybridized carbons (Fsp3) is 0.300. The molecule has 4 atom stereocenters. The molecule has 1 heterocycles. The minimum absolute atomic E-state index is 0.0381. The number of hydroxylamine groups is 1. The largest absolute Gasteiger partial charge is 0.478 e. The minimum atomic E-state index is -3.00. The fourth-order valence-corrected chi connectivity index (χ4v) is 7.16. The van der Waals surface area contributed by atoms with Gasteiger partial charge in [0.15, 0.2) is 0 Å². The van der Waals surface area contributed by atoms with Crippen molar-refractivity contribution in [3.8, 4) is 0 Å². The van der Waals surface area contributed by atoms with Crippen molar-refractivity contribution in [3.05, 3.63) is 104 Å². The lowest BCUT2D eigenvalue weighted by atomic mass is 9.76. The Balaban J connectivity index is 1.58. The number of hydrogen-bond acceptors (Lipinski definition) is 6. The smallest absolute Gasteiger partial charge is 0.335 e. The van der Waals surface area contributed by atoms with E-state index < -0.39 is 58.5 Å². The van der Waals surface area contributed by atoms with Crippen LogP contribution >= 0.6 is 23.2 Å². The Bertz CT molecular complexity index is 1680. The van der Waals surface area contributed by atoms with E-state index in [2.05, 4.69) is 10.2 Å². The van der Waals surface area contributed by atoms with E-state index in [4.69, 9.17) is 28.0 Å². The maximum Gasteiger partial charge on any atom is 0.335 e. The number of hydrogen-bond donors (Lipinski definition) is 4. The van der Waals surface area contributed by atoms with Gasteiger partial charge in [-0.25, -0.2) is 27.8 Å². The van der Waals surface area contributed by atoms with Crippen LogP contribution in [0.3, 0.4) is 0 Å². The third kappa shape index (κ3) is 6.74. The van der Waals surface area contributed by atoms with Gasteiger partial charge in [0.1, 0.15) is 5.82 Å². The van der Waals surface area contributed by atoms with Gasteiger partial charge < -0.3 is 10.0 Å². The van der Waals surface area contributed by atoms with Crippen LogP contribution in [0.2, 0.25) is 10.0 Å². The number of fused-ring (bicyclic) bond motifs is 1. The molecule has 10 nitrogen and oxygen atoms in total. The summed E-state index contributed by atoms with van der Waals surface area (Å²) >= 11 is 12.8. The molecule has 3 aromatic carbocycles. The number of thiol groups is 1. The average molecular weight is 665 g/mol. The number of rotatable bonds is 9. The van der Waals surface area contributed by atoms with Crippen LogP contribution in [0.1, 0.15) is 75.0 Å². The Morgan fingerprint density at radius 2 is 1.80 bits per heavy atom. The fourth-order valence-electron chi connectivity index (χ4n) is 6.07. The summed E-state index contributed by atoms with van der Waals surface area (Å²) < 4.78 is 40.8. The van der Waals surface area contributed by atoms with Gasteiger partial charge in [-0.2, -0.15) is 0 Å². The van der Waals surface area contributed by atoms with Gasteiger partial charge in [0.05, 0.1) is 24.1 Å². The number of halogens is 3. The van der Waals surface area contributed by atoms with Crippen molar-refractivity contribution in [2.24, 2.45) is 0 Å². The second kappa shape index (κ2) is 13.6. The summed E-state index contributed by atoms with van der Waals surface area (Å²) in [7, 11) is -3.00. The van der Waals surface area contributed by atoms with Crippen LogP contribution in [0.25, 0.3) is 0 Å². The standard InChI is InChI=1S/C30H28Cl2FN3O7S/c31-18-8-10-21(23(32)13-18)27-26(28(37)34-43-15-16-4-3-5-17(12-16)30(39)40)22-14-19(33)9-11-20(22)29(38)36(27)25-7-2-1-6-24(25)35-44(41)42/h3-5,8-14,24-27,44H,1-2,6-7,15H2,(H,34,37)(H,39,40)(H,35,41,42)/t24-,25-,26+,27-/m0/s1. The average Bonchev–Trinajstić information content (AvgIpc) is 2.97. The molecular weight excluding hydrogens is 636 g/mol. The first-order chi connectivity index (χ1) is 21.0. The highest BCUT2D eigenvalue weighted by molar-refractivity contribution is 7.70. The van der Waals surface area contributed by atoms with E-state index in [0.29, 0.717) is 35.4 Å². The van der Waals surface area contributed by atoms with E-state index in [-0.39, 0.29) is 28.3 Å². The molecule has 1 aliphatic heterocycles. The van der Waals surface area contributed by atoms with Gasteiger partial charge in [0.25, 0.3) is 11.8 Å². The molecule has 0 bridgehead atoms. The summed E-state index contributed by atoms with van der Waals surface area (Å²) in [5, 5.41) is 9.74. The molecule has 2 amide bonds. The van der Waals surface area contributed by atoms with E-state index in [1.165, 1.54) is 35.2 Å². The molecule has 1 fully saturated rings. The molecule has 3 aromatic rings. The van der Waals surface area contributed by atoms with Gasteiger partial charge in [-0.15, -0.1) is 0 Å². The summed E-state index contributed by atoms with van der Waals surface area (Å²) in [6.45, 7) is -0.185. The van der Waals surface area contributed by atoms with Crippen LogP contribution in [0.4, 0.5) is 4.39 Å². The van der Waals surface area contributed by atoms with Crippen LogP contribution in [-0.2, 0) is 27.1 Å². The monoisotopic (exact) mass is 663 g/mol. The molecule has 0 unspecified atom stereocenters. The Morgan fingerprint density at radius 3 is 2.52 bits per heavy atom. The maximum absolute atomic E-state index is 14.7. The third-order valence-electron chi connectivity index (χ3n) is 7.94. The maximum atomic E-state index is 14.7. The number of amides is 2. The molecule has 3 N–H and O–H groups in total. The number of nitrogens with one attached hydrogen (secondary N) is 2. The number of aromatic carboxylic acids is 1. The van der Waals surface area contributed by atoms with Crippen LogP contribution in [-0.4, -0.2) is 48.3 Å². The van der Waals surface area contributed by atoms with Gasteiger partial charge in [0.2, 0.25) is 10.9 Å². The second-order valence-corrected chi connectivity index (χ2v) is 12.3. The van der Waals surface area contributed by atoms with Crippen molar-refractivity contribution in [1.82, 2.24) is 15.1 Å². The zero-order valence-corrected chi connectivity index (χ0v) is 25.4. The lowest BCUT2D eigenvalue weighted by molar-refractivity contribution is -0.138. The number of carbonyl (C=O) groups excluding carboxylic acids is 2. The summed E-state index contributed by atoms with van der Waals surface area (Å²) in [6, 6.07) is 11.7. The first-order valence-electron chi connectivity index (χ1n) is 13.8. The van der Waals surface area contributed by atoms with Crippen molar-refractivity contribution in [2.45, 2.75) is 56.3 Å². The van der Waals surface area contributed by atoms with E-state index in [1.54, 1.807) is 18.2 Å². The predicted molar refractivity (Wildman–Crippen MR) is 160 cm³/mol. The summed E-state index contributed by atoms with van der Waals surface area (Å²) in [4.78, 5) is 46.6. The molecule has 232 valence electrons. The van der Waals surface area contributed by atoms with Crippen LogP contribution in [0, 0.1) is 5.82 Å². The number of carbonyl (C=O) groups is 3. The zero-order chi connectivity index (χ0) is 31.5. The third-order valence-corrected chi connectivity index (χ3v) is 9.04. The number of nitrogens with zero attached hydrogens (tertiary/aromatic N) is 1. The zero-order valence-electron chi connectivity index (χ0n) is 23.0. The van der Waals surface area contributed by atoms with Crippen molar-refractivity contribution < 1.29 is 37.1 Å². The Hall–Kier alpha value is -3.55. The Morgan fingerprint density at radius 1 is 1.02 bits per heavy atom. The topological polar surface area (TPSA) is 142 Å². The van der Waals surface area contributed by atoms with Crippen LogP contribution < -0.4 is 10.2 Å². The van der Waals surface area contributed by atoms with Gasteiger partial charge in [-0.05, 0) is 72.0 Å². The minimum Gasteiger partial charge on any atom is -0.478 e. The summed E-state index contributed by atoms with van der Waals surface area (Å²) in [6.07, 6.45) is 2.34. The number of benzene rings is 3. The van der Waals surface area contributed by atoms with Crippen molar-refractivity contribution in [2.75, 3.05) is 0 Å². The first kappa shape index (κ1) is 31.9. The highest BCUT2D eigenvalue weighted by Gasteiger charge is 2.49. The molecule has 14 heteroatoms. The molecule has 0 spiro atoms. The molecule has 1 aliphatic carbocycles. The van der Waals surface area contributed by atoms with Gasteiger partial charge >= 0.3 is 5.97 Å². The van der Waals surface area contributed by atoms with E-state index in [1.807, 2.05) is 0 Å². The van der Waals surface area contributed by atoms with Crippen LogP contribution in [0.15, 0.2) is 60.7 Å². The highest BCUT2D eigenvalue weighted by Crippen LogP contribution is 2.48. The molecular formula is C30H28Cl2FN3O7S. The Kier molecular flexibility index (Phi) is 9.86. The van der Waals surface area contributed by atoms with Gasteiger partial charge in [-0.3, -0.25) is 14.4 Å². The first-order valence-corrected chi connectivity index (χ1v) is 15.7. The quantitative estimate of drug-likeness (QED) is 0.191.